The van der Waals surface area contributed by atoms with Gasteiger partial charge in [0, 0.05) is 32.5 Å². The summed E-state index contributed by atoms with van der Waals surface area (Å²) in [7, 11) is 0. The van der Waals surface area contributed by atoms with Crippen molar-refractivity contribution in [2.75, 3.05) is 11.9 Å². The van der Waals surface area contributed by atoms with Crippen LogP contribution >= 0.6 is 0 Å². The molecular formula is C21H26N4O2. The number of rotatable bonds is 5. The van der Waals surface area contributed by atoms with E-state index in [2.05, 4.69) is 46.1 Å². The molecule has 1 aromatic carbocycles. The normalized spacial score (nSPS) is 19.2. The lowest BCUT2D eigenvalue weighted by Crippen LogP contribution is -2.28. The van der Waals surface area contributed by atoms with E-state index in [4.69, 9.17) is 0 Å². The van der Waals surface area contributed by atoms with Gasteiger partial charge in [-0.05, 0) is 30.4 Å². The van der Waals surface area contributed by atoms with Crippen LogP contribution in [0.15, 0.2) is 30.5 Å². The Bertz CT molecular complexity index is 840. The molecule has 3 heterocycles. The van der Waals surface area contributed by atoms with Crippen molar-refractivity contribution in [2.45, 2.75) is 52.1 Å². The molecule has 1 unspecified atom stereocenters. The van der Waals surface area contributed by atoms with Gasteiger partial charge in [0.25, 0.3) is 0 Å². The van der Waals surface area contributed by atoms with Crippen molar-refractivity contribution in [2.24, 2.45) is 5.92 Å². The molecule has 2 aliphatic heterocycles. The number of amides is 2. The van der Waals surface area contributed by atoms with E-state index in [1.54, 1.807) is 11.1 Å². The molecule has 4 rings (SSSR count). The highest BCUT2D eigenvalue weighted by Gasteiger charge is 2.34. The average Bonchev–Trinajstić information content (AvgIpc) is 3.26. The molecule has 142 valence electrons. The third kappa shape index (κ3) is 3.75. The van der Waals surface area contributed by atoms with Crippen LogP contribution in [-0.4, -0.2) is 32.8 Å². The second kappa shape index (κ2) is 7.55. The van der Waals surface area contributed by atoms with Crippen molar-refractivity contribution >= 4 is 17.6 Å². The third-order valence-electron chi connectivity index (χ3n) is 5.61. The smallest absolute Gasteiger partial charge is 0.230 e. The van der Waals surface area contributed by atoms with Gasteiger partial charge in [-0.25, -0.2) is 4.98 Å². The van der Waals surface area contributed by atoms with Crippen LogP contribution in [-0.2, 0) is 35.5 Å². The predicted octanol–water partition coefficient (Wildman–Crippen LogP) is 2.77. The largest absolute Gasteiger partial charge is 0.338 e. The highest BCUT2D eigenvalue weighted by atomic mass is 16.2. The van der Waals surface area contributed by atoms with Crippen molar-refractivity contribution in [1.82, 2.24) is 14.5 Å². The Hall–Kier alpha value is -2.63. The number of carbonyl (C=O) groups is 2. The highest BCUT2D eigenvalue weighted by Crippen LogP contribution is 2.24. The maximum atomic E-state index is 12.7. The number of imidazole rings is 1. The Kier molecular flexibility index (Phi) is 4.97. The van der Waals surface area contributed by atoms with E-state index >= 15 is 0 Å². The van der Waals surface area contributed by atoms with Crippen LogP contribution in [0.3, 0.4) is 0 Å². The molecule has 6 nitrogen and oxygen atoms in total. The molecule has 1 N–H and O–H groups in total. The van der Waals surface area contributed by atoms with Crippen molar-refractivity contribution in [3.05, 3.63) is 47.4 Å². The minimum absolute atomic E-state index is 0.0463. The van der Waals surface area contributed by atoms with E-state index in [1.165, 1.54) is 5.56 Å². The summed E-state index contributed by atoms with van der Waals surface area (Å²) in [5.41, 5.74) is 2.39. The van der Waals surface area contributed by atoms with E-state index in [1.807, 2.05) is 0 Å². The summed E-state index contributed by atoms with van der Waals surface area (Å²) < 4.78 is 2.09. The maximum absolute atomic E-state index is 12.7. The van der Waals surface area contributed by atoms with Gasteiger partial charge in [0.05, 0.1) is 12.1 Å². The second-order valence-electron chi connectivity index (χ2n) is 7.50. The van der Waals surface area contributed by atoms with Crippen molar-refractivity contribution in [3.8, 4) is 0 Å². The number of anilines is 1. The van der Waals surface area contributed by atoms with Gasteiger partial charge in [0.2, 0.25) is 11.8 Å². The number of aromatic nitrogens is 2. The van der Waals surface area contributed by atoms with Gasteiger partial charge in [-0.2, -0.15) is 0 Å². The molecule has 2 amide bonds. The van der Waals surface area contributed by atoms with Gasteiger partial charge in [0.15, 0.2) is 0 Å². The number of nitrogens with zero attached hydrogens (tertiary/aromatic N) is 3. The Morgan fingerprint density at radius 2 is 2.00 bits per heavy atom. The molecular weight excluding hydrogens is 340 g/mol. The number of nitrogens with one attached hydrogen (secondary N) is 1. The Balaban J connectivity index is 1.38. The standard InChI is InChI=1S/C21H26N4O2/c1-2-15-6-8-16(9-7-15)13-24-14-17(11-20(24)26)21(27)23-19-12-22-18-5-3-4-10-25(18)19/h6-9,12,17H,2-5,10-11,13-14H2,1H3,(H,23,27). The van der Waals surface area contributed by atoms with Crippen LogP contribution in [0.5, 0.6) is 0 Å². The van der Waals surface area contributed by atoms with Crippen LogP contribution in [0.4, 0.5) is 5.82 Å². The number of hydrogen-bond acceptors (Lipinski definition) is 3. The number of fused-ring (bicyclic) bond motifs is 1. The molecule has 2 aromatic rings. The number of hydrogen-bond donors (Lipinski definition) is 1. The lowest BCUT2D eigenvalue weighted by Gasteiger charge is -2.18. The molecule has 1 atom stereocenters. The van der Waals surface area contributed by atoms with Gasteiger partial charge in [-0.1, -0.05) is 31.2 Å². The Labute approximate surface area is 159 Å². The van der Waals surface area contributed by atoms with E-state index in [9.17, 15) is 9.59 Å². The zero-order valence-electron chi connectivity index (χ0n) is 15.8. The number of aryl methyl sites for hydroxylation is 2. The molecule has 1 fully saturated rings. The number of likely N-dealkylation sites (tertiary alicyclic amines) is 1. The summed E-state index contributed by atoms with van der Waals surface area (Å²) in [5.74, 6) is 1.46. The zero-order valence-corrected chi connectivity index (χ0v) is 15.8. The second-order valence-corrected chi connectivity index (χ2v) is 7.50. The molecule has 0 bridgehead atoms. The molecule has 0 spiro atoms. The van der Waals surface area contributed by atoms with Gasteiger partial charge < -0.3 is 14.8 Å². The first kappa shape index (κ1) is 17.8. The third-order valence-corrected chi connectivity index (χ3v) is 5.61. The van der Waals surface area contributed by atoms with Crippen LogP contribution in [0.25, 0.3) is 0 Å². The van der Waals surface area contributed by atoms with Crippen molar-refractivity contribution in [3.63, 3.8) is 0 Å². The molecule has 2 aliphatic rings. The summed E-state index contributed by atoms with van der Waals surface area (Å²) in [6.07, 6.45) is 6.24. The fourth-order valence-corrected chi connectivity index (χ4v) is 3.95. The summed E-state index contributed by atoms with van der Waals surface area (Å²) in [6, 6.07) is 8.34. The fourth-order valence-electron chi connectivity index (χ4n) is 3.95. The quantitative estimate of drug-likeness (QED) is 0.885. The molecule has 0 radical (unpaired) electrons. The molecule has 1 saturated heterocycles. The highest BCUT2D eigenvalue weighted by molar-refractivity contribution is 5.96. The van der Waals surface area contributed by atoms with Crippen LogP contribution in [0, 0.1) is 5.92 Å². The monoisotopic (exact) mass is 366 g/mol. The lowest BCUT2D eigenvalue weighted by molar-refractivity contribution is -0.128. The SMILES string of the molecule is CCc1ccc(CN2CC(C(=O)Nc3cnc4n3CCCC4)CC2=O)cc1. The van der Waals surface area contributed by atoms with Crippen LogP contribution in [0.2, 0.25) is 0 Å². The Morgan fingerprint density at radius 3 is 2.78 bits per heavy atom. The molecule has 0 saturated carbocycles. The van der Waals surface area contributed by atoms with Gasteiger partial charge in [0.1, 0.15) is 11.6 Å². The summed E-state index contributed by atoms with van der Waals surface area (Å²) in [6.45, 7) is 4.06. The van der Waals surface area contributed by atoms with Crippen LogP contribution < -0.4 is 5.32 Å². The van der Waals surface area contributed by atoms with Gasteiger partial charge in [-0.3, -0.25) is 9.59 Å². The van der Waals surface area contributed by atoms with Gasteiger partial charge >= 0.3 is 0 Å². The van der Waals surface area contributed by atoms with E-state index < -0.39 is 0 Å². The first-order valence-electron chi connectivity index (χ1n) is 9.85. The predicted molar refractivity (Wildman–Crippen MR) is 103 cm³/mol. The average molecular weight is 366 g/mol. The zero-order chi connectivity index (χ0) is 18.8. The number of carbonyl (C=O) groups excluding carboxylic acids is 2. The summed E-state index contributed by atoms with van der Waals surface area (Å²) in [4.78, 5) is 31.3. The first-order valence-corrected chi connectivity index (χ1v) is 9.85. The molecule has 6 heteroatoms. The van der Waals surface area contributed by atoms with E-state index in [0.29, 0.717) is 13.1 Å². The molecule has 27 heavy (non-hydrogen) atoms. The minimum Gasteiger partial charge on any atom is -0.338 e. The lowest BCUT2D eigenvalue weighted by atomic mass is 10.1. The van der Waals surface area contributed by atoms with Crippen molar-refractivity contribution in [1.29, 1.82) is 0 Å². The molecule has 0 aliphatic carbocycles. The van der Waals surface area contributed by atoms with E-state index in [0.717, 1.165) is 49.4 Å². The summed E-state index contributed by atoms with van der Waals surface area (Å²) in [5, 5.41) is 2.99. The Morgan fingerprint density at radius 1 is 1.22 bits per heavy atom. The number of benzene rings is 1. The van der Waals surface area contributed by atoms with Gasteiger partial charge in [-0.15, -0.1) is 0 Å². The van der Waals surface area contributed by atoms with E-state index in [-0.39, 0.29) is 24.2 Å². The van der Waals surface area contributed by atoms with Crippen LogP contribution in [0.1, 0.15) is 43.1 Å². The maximum Gasteiger partial charge on any atom is 0.230 e. The molecule has 1 aromatic heterocycles. The minimum atomic E-state index is -0.304. The summed E-state index contributed by atoms with van der Waals surface area (Å²) >= 11 is 0. The topological polar surface area (TPSA) is 67.2 Å². The fraction of sp³-hybridized carbons (Fsp3) is 0.476. The van der Waals surface area contributed by atoms with Crippen molar-refractivity contribution < 1.29 is 9.59 Å². The first-order chi connectivity index (χ1) is 13.1.